The molecule has 5 heteroatoms. The number of carbonyl (C=O) groups is 1. The van der Waals surface area contributed by atoms with Crippen LogP contribution in [0.1, 0.15) is 30.6 Å². The van der Waals surface area contributed by atoms with Crippen molar-refractivity contribution in [3.63, 3.8) is 0 Å². The first-order chi connectivity index (χ1) is 7.85. The van der Waals surface area contributed by atoms with Gasteiger partial charge in [-0.2, -0.15) is 0 Å². The smallest absolute Gasteiger partial charge is 0.252 e. The van der Waals surface area contributed by atoms with E-state index in [9.17, 15) is 4.79 Å². The minimum absolute atomic E-state index is 0.0599. The van der Waals surface area contributed by atoms with Gasteiger partial charge in [0.1, 0.15) is 0 Å². The number of carbonyl (C=O) groups excluding carboxylic acids is 1. The summed E-state index contributed by atoms with van der Waals surface area (Å²) in [5.74, 6) is -0.0599. The number of alkyl halides is 1. The van der Waals surface area contributed by atoms with E-state index in [0.29, 0.717) is 5.56 Å². The minimum Gasteiger partial charge on any atom is -0.347 e. The highest BCUT2D eigenvalue weighted by Crippen LogP contribution is 2.22. The van der Waals surface area contributed by atoms with Crippen molar-refractivity contribution in [2.75, 3.05) is 5.33 Å². The maximum atomic E-state index is 12.1. The van der Waals surface area contributed by atoms with Gasteiger partial charge in [-0.25, -0.2) is 0 Å². The van der Waals surface area contributed by atoms with Crippen molar-refractivity contribution >= 4 is 53.7 Å². The van der Waals surface area contributed by atoms with Gasteiger partial charge in [-0.05, 0) is 54.4 Å². The molecule has 0 spiro atoms. The summed E-state index contributed by atoms with van der Waals surface area (Å²) in [6.07, 6.45) is 0.882. The predicted octanol–water partition coefficient (Wildman–Crippen LogP) is 4.51. The van der Waals surface area contributed by atoms with Crippen LogP contribution < -0.4 is 5.32 Å². The molecule has 0 heterocycles. The first-order valence-corrected chi connectivity index (χ1v) is 7.90. The van der Waals surface area contributed by atoms with Gasteiger partial charge in [-0.3, -0.25) is 4.79 Å². The van der Waals surface area contributed by atoms with Crippen LogP contribution >= 0.6 is 47.8 Å². The molecule has 0 unspecified atom stereocenters. The first kappa shape index (κ1) is 15.2. The highest BCUT2D eigenvalue weighted by molar-refractivity contribution is 9.11. The Bertz CT molecular complexity index is 418. The maximum absolute atomic E-state index is 12.1. The molecule has 0 saturated heterocycles. The normalized spacial score (nSPS) is 11.4. The summed E-state index contributed by atoms with van der Waals surface area (Å²) < 4.78 is 1.74. The lowest BCUT2D eigenvalue weighted by Gasteiger charge is -2.25. The molecule has 0 aliphatic heterocycles. The topological polar surface area (TPSA) is 29.1 Å². The van der Waals surface area contributed by atoms with Gasteiger partial charge in [0.05, 0.1) is 5.56 Å². The zero-order valence-corrected chi connectivity index (χ0v) is 14.4. The molecule has 0 aliphatic rings. The first-order valence-electron chi connectivity index (χ1n) is 5.19. The van der Waals surface area contributed by atoms with Gasteiger partial charge >= 0.3 is 0 Å². The van der Waals surface area contributed by atoms with Crippen LogP contribution in [0.3, 0.4) is 0 Å². The molecule has 0 fully saturated rings. The second-order valence-corrected chi connectivity index (χ2v) is 6.96. The SMILES string of the molecule is CC(C)(CCBr)NC(=O)c1ccc(Br)cc1Br. The summed E-state index contributed by atoms with van der Waals surface area (Å²) in [6, 6.07) is 5.53. The molecule has 0 aromatic heterocycles. The fourth-order valence-corrected chi connectivity index (χ4v) is 3.57. The number of amides is 1. The number of benzene rings is 1. The summed E-state index contributed by atoms with van der Waals surface area (Å²) in [5, 5.41) is 3.88. The monoisotopic (exact) mass is 425 g/mol. The van der Waals surface area contributed by atoms with Crippen LogP contribution in [0, 0.1) is 0 Å². The fraction of sp³-hybridized carbons (Fsp3) is 0.417. The molecule has 1 aromatic rings. The Balaban J connectivity index is 2.83. The standard InChI is InChI=1S/C12H14Br3NO/c1-12(2,5-6-13)16-11(17)9-4-3-8(14)7-10(9)15/h3-4,7H,5-6H2,1-2H3,(H,16,17). The van der Waals surface area contributed by atoms with Gasteiger partial charge < -0.3 is 5.32 Å². The molecule has 1 aromatic carbocycles. The van der Waals surface area contributed by atoms with Crippen LogP contribution in [0.5, 0.6) is 0 Å². The molecular weight excluding hydrogens is 414 g/mol. The van der Waals surface area contributed by atoms with Crippen molar-refractivity contribution in [1.82, 2.24) is 5.32 Å². The Morgan fingerprint density at radius 1 is 1.35 bits per heavy atom. The second-order valence-electron chi connectivity index (χ2n) is 4.40. The minimum atomic E-state index is -0.215. The molecule has 0 aliphatic carbocycles. The van der Waals surface area contributed by atoms with E-state index in [2.05, 4.69) is 53.1 Å². The van der Waals surface area contributed by atoms with Crippen LogP contribution in [0.15, 0.2) is 27.1 Å². The Hall–Kier alpha value is 0.130. The average molecular weight is 428 g/mol. The van der Waals surface area contributed by atoms with Crippen molar-refractivity contribution in [3.05, 3.63) is 32.7 Å². The molecule has 1 amide bonds. The average Bonchev–Trinajstić information content (AvgIpc) is 2.15. The molecule has 17 heavy (non-hydrogen) atoms. The molecular formula is C12H14Br3NO. The number of rotatable bonds is 4. The third-order valence-electron chi connectivity index (χ3n) is 2.35. The molecule has 94 valence electrons. The van der Waals surface area contributed by atoms with Gasteiger partial charge in [-0.1, -0.05) is 31.9 Å². The number of halogens is 3. The molecule has 1 N–H and O–H groups in total. The molecule has 0 saturated carbocycles. The zero-order chi connectivity index (χ0) is 13.1. The van der Waals surface area contributed by atoms with E-state index in [1.807, 2.05) is 26.0 Å². The van der Waals surface area contributed by atoms with E-state index < -0.39 is 0 Å². The molecule has 0 radical (unpaired) electrons. The van der Waals surface area contributed by atoms with Crippen LogP contribution in [0.25, 0.3) is 0 Å². The van der Waals surface area contributed by atoms with E-state index in [0.717, 1.165) is 20.7 Å². The van der Waals surface area contributed by atoms with Crippen molar-refractivity contribution < 1.29 is 4.79 Å². The van der Waals surface area contributed by atoms with Gasteiger partial charge in [0, 0.05) is 19.8 Å². The highest BCUT2D eigenvalue weighted by atomic mass is 79.9. The van der Waals surface area contributed by atoms with Crippen molar-refractivity contribution in [3.8, 4) is 0 Å². The third-order valence-corrected chi connectivity index (χ3v) is 3.89. The Labute approximate surface area is 127 Å². The summed E-state index contributed by atoms with van der Waals surface area (Å²) in [6.45, 7) is 4.03. The van der Waals surface area contributed by atoms with Crippen molar-refractivity contribution in [2.45, 2.75) is 25.8 Å². The highest BCUT2D eigenvalue weighted by Gasteiger charge is 2.21. The van der Waals surface area contributed by atoms with E-state index in [1.54, 1.807) is 6.07 Å². The van der Waals surface area contributed by atoms with E-state index >= 15 is 0 Å². The van der Waals surface area contributed by atoms with Crippen molar-refractivity contribution in [2.24, 2.45) is 0 Å². The number of hydrogen-bond acceptors (Lipinski definition) is 1. The quantitative estimate of drug-likeness (QED) is 0.704. The lowest BCUT2D eigenvalue weighted by molar-refractivity contribution is 0.0911. The Morgan fingerprint density at radius 2 is 2.00 bits per heavy atom. The summed E-state index contributed by atoms with van der Waals surface area (Å²) in [7, 11) is 0. The predicted molar refractivity (Wildman–Crippen MR) is 81.8 cm³/mol. The van der Waals surface area contributed by atoms with Crippen LogP contribution in [-0.2, 0) is 0 Å². The molecule has 0 atom stereocenters. The van der Waals surface area contributed by atoms with Gasteiger partial charge in [0.2, 0.25) is 0 Å². The molecule has 1 rings (SSSR count). The summed E-state index contributed by atoms with van der Waals surface area (Å²) >= 11 is 10.1. The van der Waals surface area contributed by atoms with Crippen LogP contribution in [-0.4, -0.2) is 16.8 Å². The third kappa shape index (κ3) is 4.72. The fourth-order valence-electron chi connectivity index (χ4n) is 1.35. The molecule has 2 nitrogen and oxygen atoms in total. The van der Waals surface area contributed by atoms with E-state index in [1.165, 1.54) is 0 Å². The van der Waals surface area contributed by atoms with E-state index in [-0.39, 0.29) is 11.4 Å². The van der Waals surface area contributed by atoms with Crippen LogP contribution in [0.4, 0.5) is 0 Å². The van der Waals surface area contributed by atoms with Crippen molar-refractivity contribution in [1.29, 1.82) is 0 Å². The van der Waals surface area contributed by atoms with Crippen LogP contribution in [0.2, 0.25) is 0 Å². The molecule has 0 bridgehead atoms. The Kier molecular flexibility index (Phi) is 5.67. The summed E-state index contributed by atoms with van der Waals surface area (Å²) in [4.78, 5) is 12.1. The van der Waals surface area contributed by atoms with Gasteiger partial charge in [-0.15, -0.1) is 0 Å². The van der Waals surface area contributed by atoms with E-state index in [4.69, 9.17) is 0 Å². The lowest BCUT2D eigenvalue weighted by atomic mass is 10.0. The van der Waals surface area contributed by atoms with Gasteiger partial charge in [0.25, 0.3) is 5.91 Å². The lowest BCUT2D eigenvalue weighted by Crippen LogP contribution is -2.43. The Morgan fingerprint density at radius 3 is 2.53 bits per heavy atom. The van der Waals surface area contributed by atoms with Gasteiger partial charge in [0.15, 0.2) is 0 Å². The summed E-state index contributed by atoms with van der Waals surface area (Å²) in [5.41, 5.74) is 0.434. The zero-order valence-electron chi connectivity index (χ0n) is 9.69. The number of nitrogens with one attached hydrogen (secondary N) is 1. The maximum Gasteiger partial charge on any atom is 0.252 e. The second kappa shape index (κ2) is 6.34. The number of hydrogen-bond donors (Lipinski definition) is 1. The largest absolute Gasteiger partial charge is 0.347 e.